The molecule has 0 aliphatic rings. The molecule has 0 heterocycles. The molecule has 0 radical (unpaired) electrons. The minimum absolute atomic E-state index is 0. The van der Waals surface area contributed by atoms with E-state index in [9.17, 15) is 0 Å². The molecule has 1 heteroatoms. The monoisotopic (exact) mass is 364 g/mol. The van der Waals surface area contributed by atoms with Crippen LogP contribution in [0.15, 0.2) is 78.9 Å². The largest absolute Gasteiger partial charge is 4.00 e. The molecule has 0 nitrogen and oxygen atoms in total. The molecule has 0 unspecified atom stereocenters. The van der Waals surface area contributed by atoms with E-state index in [1.807, 2.05) is 0 Å². The second-order valence-electron chi connectivity index (χ2n) is 5.73. The predicted molar refractivity (Wildman–Crippen MR) is 95.4 cm³/mol. The first-order valence-corrected chi connectivity index (χ1v) is 7.50. The first-order valence-electron chi connectivity index (χ1n) is 7.50. The molecular weight excluding hydrogens is 343 g/mol. The Kier molecular flexibility index (Phi) is 5.92. The van der Waals surface area contributed by atoms with Gasteiger partial charge in [0.25, 0.3) is 0 Å². The zero-order chi connectivity index (χ0) is 14.7. The summed E-state index contributed by atoms with van der Waals surface area (Å²) < 4.78 is 0. The Balaban J connectivity index is 0.000000402. The molecule has 4 aromatic carbocycles. The summed E-state index contributed by atoms with van der Waals surface area (Å²) in [4.78, 5) is 0. The van der Waals surface area contributed by atoms with Crippen LogP contribution in [0.2, 0.25) is 0 Å². The van der Waals surface area contributed by atoms with Crippen molar-refractivity contribution in [3.63, 3.8) is 0 Å². The predicted octanol–water partition coefficient (Wildman–Crippen LogP) is 6.46. The molecule has 0 saturated carbocycles. The van der Waals surface area contributed by atoms with Crippen molar-refractivity contribution in [2.24, 2.45) is 0 Å². The zero-order valence-electron chi connectivity index (χ0n) is 15.1. The standard InChI is InChI=1S/C12H13.C9H7.Zr.2H/c1-9(2)12-7-10-5-3-4-6-11(10)8-12;1-2-5-9-7-3-6-8(9)4-1;;;/h3-9H,1-2H3;1-7H;;;/q2*-1;+4;2*-1. The van der Waals surface area contributed by atoms with E-state index in [2.05, 4.69) is 92.7 Å². The second-order valence-corrected chi connectivity index (χ2v) is 5.73. The van der Waals surface area contributed by atoms with Crippen LogP contribution in [-0.2, 0) is 26.2 Å². The topological polar surface area (TPSA) is 0 Å². The van der Waals surface area contributed by atoms with Crippen LogP contribution in [-0.4, -0.2) is 0 Å². The van der Waals surface area contributed by atoms with Crippen LogP contribution in [0.5, 0.6) is 0 Å². The third kappa shape index (κ3) is 3.84. The Morgan fingerprint density at radius 1 is 0.818 bits per heavy atom. The Bertz CT molecular complexity index is 780. The van der Waals surface area contributed by atoms with E-state index in [0.29, 0.717) is 5.92 Å². The molecule has 110 valence electrons. The van der Waals surface area contributed by atoms with Gasteiger partial charge in [0.15, 0.2) is 0 Å². The minimum Gasteiger partial charge on any atom is -1.00 e. The Labute approximate surface area is 154 Å². The third-order valence-electron chi connectivity index (χ3n) is 3.85. The molecule has 0 aromatic heterocycles. The molecule has 0 aliphatic carbocycles. The molecule has 4 rings (SSSR count). The molecule has 0 atom stereocenters. The number of hydrogen-bond donors (Lipinski definition) is 0. The van der Waals surface area contributed by atoms with Crippen LogP contribution in [0.1, 0.15) is 28.2 Å². The van der Waals surface area contributed by atoms with Crippen LogP contribution in [0.25, 0.3) is 21.5 Å². The number of benzene rings is 2. The smallest absolute Gasteiger partial charge is 1.00 e. The summed E-state index contributed by atoms with van der Waals surface area (Å²) in [5.41, 5.74) is 1.44. The van der Waals surface area contributed by atoms with Crippen LogP contribution in [0, 0.1) is 0 Å². The van der Waals surface area contributed by atoms with E-state index in [1.165, 1.54) is 27.1 Å². The van der Waals surface area contributed by atoms with Crippen molar-refractivity contribution in [2.45, 2.75) is 19.8 Å². The van der Waals surface area contributed by atoms with Gasteiger partial charge < -0.3 is 2.85 Å². The summed E-state index contributed by atoms with van der Waals surface area (Å²) in [6.45, 7) is 4.46. The summed E-state index contributed by atoms with van der Waals surface area (Å²) in [7, 11) is 0. The average molecular weight is 366 g/mol. The molecule has 4 aromatic rings. The molecule has 0 fully saturated rings. The average Bonchev–Trinajstić information content (AvgIpc) is 3.14. The van der Waals surface area contributed by atoms with E-state index < -0.39 is 0 Å². The van der Waals surface area contributed by atoms with E-state index >= 15 is 0 Å². The van der Waals surface area contributed by atoms with Crippen molar-refractivity contribution in [3.8, 4) is 0 Å². The normalized spacial score (nSPS) is 10.3. The van der Waals surface area contributed by atoms with Crippen molar-refractivity contribution < 1.29 is 29.1 Å². The Morgan fingerprint density at radius 2 is 1.45 bits per heavy atom. The van der Waals surface area contributed by atoms with E-state index in [1.54, 1.807) is 0 Å². The van der Waals surface area contributed by atoms with Gasteiger partial charge in [-0.2, -0.15) is 23.6 Å². The van der Waals surface area contributed by atoms with Crippen LogP contribution in [0.3, 0.4) is 0 Å². The maximum Gasteiger partial charge on any atom is 4.00 e. The van der Waals surface area contributed by atoms with Crippen LogP contribution in [0.4, 0.5) is 0 Å². The van der Waals surface area contributed by atoms with E-state index in [4.69, 9.17) is 0 Å². The fraction of sp³-hybridized carbons (Fsp3) is 0.143. The Hall–Kier alpha value is -1.46. The number of fused-ring (bicyclic) bond motifs is 2. The van der Waals surface area contributed by atoms with E-state index in [-0.39, 0.29) is 29.1 Å². The minimum atomic E-state index is 0. The summed E-state index contributed by atoms with van der Waals surface area (Å²) in [5.74, 6) is 0.636. The molecule has 0 amide bonds. The van der Waals surface area contributed by atoms with Gasteiger partial charge in [0, 0.05) is 0 Å². The second kappa shape index (κ2) is 7.70. The molecule has 22 heavy (non-hydrogen) atoms. The van der Waals surface area contributed by atoms with Gasteiger partial charge in [0.05, 0.1) is 0 Å². The van der Waals surface area contributed by atoms with E-state index in [0.717, 1.165) is 0 Å². The SMILES string of the molecule is CC(C)c1cc2ccccc2[cH-]1.[H-].[H-].[Zr+4].c1ccc2[cH-]ccc2c1. The summed E-state index contributed by atoms with van der Waals surface area (Å²) in [5, 5.41) is 5.39. The fourth-order valence-corrected chi connectivity index (χ4v) is 2.58. The van der Waals surface area contributed by atoms with Gasteiger partial charge in [0.1, 0.15) is 0 Å². The van der Waals surface area contributed by atoms with Crippen molar-refractivity contribution in [1.29, 1.82) is 0 Å². The van der Waals surface area contributed by atoms with Crippen molar-refractivity contribution in [2.75, 3.05) is 0 Å². The van der Waals surface area contributed by atoms with Crippen molar-refractivity contribution in [3.05, 3.63) is 84.4 Å². The molecule has 0 saturated heterocycles. The van der Waals surface area contributed by atoms with Gasteiger partial charge in [-0.1, -0.05) is 26.0 Å². The third-order valence-corrected chi connectivity index (χ3v) is 3.85. The van der Waals surface area contributed by atoms with Gasteiger partial charge in [-0.25, -0.2) is 0 Å². The molecule has 0 aliphatic heterocycles. The van der Waals surface area contributed by atoms with Gasteiger partial charge in [-0.15, -0.1) is 70.3 Å². The van der Waals surface area contributed by atoms with Gasteiger partial charge in [-0.3, -0.25) is 0 Å². The maximum atomic E-state index is 2.28. The van der Waals surface area contributed by atoms with Crippen molar-refractivity contribution >= 4 is 21.5 Å². The van der Waals surface area contributed by atoms with Crippen LogP contribution >= 0.6 is 0 Å². The zero-order valence-corrected chi connectivity index (χ0v) is 15.5. The quantitative estimate of drug-likeness (QED) is 0.339. The molecule has 0 spiro atoms. The first kappa shape index (κ1) is 16.9. The Morgan fingerprint density at radius 3 is 2.09 bits per heavy atom. The summed E-state index contributed by atoms with van der Waals surface area (Å²) in [6, 6.07) is 27.7. The maximum absolute atomic E-state index is 2.28. The molecule has 0 bridgehead atoms. The summed E-state index contributed by atoms with van der Waals surface area (Å²) >= 11 is 0. The van der Waals surface area contributed by atoms with Gasteiger partial charge in [0.2, 0.25) is 0 Å². The van der Waals surface area contributed by atoms with Crippen molar-refractivity contribution in [1.82, 2.24) is 0 Å². The molecule has 0 N–H and O–H groups in total. The number of rotatable bonds is 1. The summed E-state index contributed by atoms with van der Waals surface area (Å²) in [6.07, 6.45) is 0. The van der Waals surface area contributed by atoms with Gasteiger partial charge in [-0.05, 0) is 5.92 Å². The fourth-order valence-electron chi connectivity index (χ4n) is 2.58. The van der Waals surface area contributed by atoms with Gasteiger partial charge >= 0.3 is 26.2 Å². The van der Waals surface area contributed by atoms with Crippen LogP contribution < -0.4 is 0 Å². The molecular formula is C21H22Zr. The number of hydrogen-bond acceptors (Lipinski definition) is 0. The first-order chi connectivity index (χ1) is 10.2.